The first-order valence-electron chi connectivity index (χ1n) is 7.07. The number of nitrogens with one attached hydrogen (secondary N) is 2. The van der Waals surface area contributed by atoms with Crippen LogP contribution in [0.2, 0.25) is 0 Å². The summed E-state index contributed by atoms with van der Waals surface area (Å²) in [7, 11) is 0. The Kier molecular flexibility index (Phi) is 5.92. The third kappa shape index (κ3) is 5.67. The maximum Gasteiger partial charge on any atom is 0.319 e. The minimum Gasteiger partial charge on any atom is -0.481 e. The van der Waals surface area contributed by atoms with E-state index >= 15 is 0 Å². The van der Waals surface area contributed by atoms with Crippen LogP contribution >= 0.6 is 11.8 Å². The SMILES string of the molecule is O=C(O)Cc1cccc(NC(=O)NCC2CCSCC2)c1. The van der Waals surface area contributed by atoms with Crippen molar-refractivity contribution < 1.29 is 14.7 Å². The van der Waals surface area contributed by atoms with Crippen LogP contribution < -0.4 is 10.6 Å². The van der Waals surface area contributed by atoms with Gasteiger partial charge in [-0.15, -0.1) is 0 Å². The monoisotopic (exact) mass is 308 g/mol. The van der Waals surface area contributed by atoms with E-state index in [1.54, 1.807) is 24.3 Å². The molecule has 1 aliphatic rings. The zero-order chi connectivity index (χ0) is 15.1. The highest BCUT2D eigenvalue weighted by Crippen LogP contribution is 2.21. The van der Waals surface area contributed by atoms with E-state index in [4.69, 9.17) is 5.11 Å². The molecular weight excluding hydrogens is 288 g/mol. The van der Waals surface area contributed by atoms with Crippen LogP contribution in [0.15, 0.2) is 24.3 Å². The third-order valence-corrected chi connectivity index (χ3v) is 4.48. The van der Waals surface area contributed by atoms with Crippen LogP contribution in [0.3, 0.4) is 0 Å². The van der Waals surface area contributed by atoms with Crippen molar-refractivity contribution in [3.05, 3.63) is 29.8 Å². The van der Waals surface area contributed by atoms with Gasteiger partial charge in [0.15, 0.2) is 0 Å². The van der Waals surface area contributed by atoms with Gasteiger partial charge in [0.05, 0.1) is 6.42 Å². The molecule has 3 N–H and O–H groups in total. The minimum atomic E-state index is -0.883. The highest BCUT2D eigenvalue weighted by molar-refractivity contribution is 7.99. The van der Waals surface area contributed by atoms with Crippen LogP contribution in [0, 0.1) is 5.92 Å². The molecule has 1 aliphatic heterocycles. The Hall–Kier alpha value is -1.69. The molecule has 1 fully saturated rings. The Labute approximate surface area is 128 Å². The second-order valence-electron chi connectivity index (χ2n) is 5.16. The topological polar surface area (TPSA) is 78.4 Å². The van der Waals surface area contributed by atoms with E-state index in [1.807, 2.05) is 11.8 Å². The van der Waals surface area contributed by atoms with Crippen molar-refractivity contribution in [1.29, 1.82) is 0 Å². The van der Waals surface area contributed by atoms with Gasteiger partial charge in [0.1, 0.15) is 0 Å². The van der Waals surface area contributed by atoms with Gasteiger partial charge in [-0.1, -0.05) is 12.1 Å². The molecule has 1 saturated heterocycles. The molecule has 21 heavy (non-hydrogen) atoms. The Morgan fingerprint density at radius 2 is 2.05 bits per heavy atom. The van der Waals surface area contributed by atoms with Crippen molar-refractivity contribution >= 4 is 29.4 Å². The van der Waals surface area contributed by atoms with Gasteiger partial charge >= 0.3 is 12.0 Å². The Morgan fingerprint density at radius 3 is 2.76 bits per heavy atom. The average molecular weight is 308 g/mol. The maximum atomic E-state index is 11.8. The van der Waals surface area contributed by atoms with Gasteiger partial charge in [-0.25, -0.2) is 4.79 Å². The van der Waals surface area contributed by atoms with Crippen LogP contribution in [-0.2, 0) is 11.2 Å². The Balaban J connectivity index is 1.80. The number of benzene rings is 1. The number of carboxylic acid groups (broad SMARTS) is 1. The lowest BCUT2D eigenvalue weighted by atomic mass is 10.0. The minimum absolute atomic E-state index is 0.0448. The van der Waals surface area contributed by atoms with Crippen molar-refractivity contribution in [3.8, 4) is 0 Å². The maximum absolute atomic E-state index is 11.8. The van der Waals surface area contributed by atoms with Gasteiger partial charge in [0.2, 0.25) is 0 Å². The summed E-state index contributed by atoms with van der Waals surface area (Å²) in [6.45, 7) is 0.696. The van der Waals surface area contributed by atoms with Crippen molar-refractivity contribution in [3.63, 3.8) is 0 Å². The summed E-state index contributed by atoms with van der Waals surface area (Å²) >= 11 is 1.97. The number of amides is 2. The summed E-state index contributed by atoms with van der Waals surface area (Å²) in [5.41, 5.74) is 1.29. The summed E-state index contributed by atoms with van der Waals surface area (Å²) in [5, 5.41) is 14.4. The van der Waals surface area contributed by atoms with Crippen molar-refractivity contribution in [2.24, 2.45) is 5.92 Å². The number of urea groups is 1. The summed E-state index contributed by atoms with van der Waals surface area (Å²) in [4.78, 5) is 22.5. The number of anilines is 1. The van der Waals surface area contributed by atoms with Crippen LogP contribution in [0.25, 0.3) is 0 Å². The lowest BCUT2D eigenvalue weighted by molar-refractivity contribution is -0.136. The predicted molar refractivity (Wildman–Crippen MR) is 84.9 cm³/mol. The van der Waals surface area contributed by atoms with Gasteiger partial charge in [-0.3, -0.25) is 4.79 Å². The van der Waals surface area contributed by atoms with E-state index in [0.29, 0.717) is 23.7 Å². The molecule has 1 heterocycles. The molecule has 0 bridgehead atoms. The molecule has 2 rings (SSSR count). The van der Waals surface area contributed by atoms with Gasteiger partial charge in [0, 0.05) is 12.2 Å². The Morgan fingerprint density at radius 1 is 1.29 bits per heavy atom. The van der Waals surface area contributed by atoms with E-state index < -0.39 is 5.97 Å². The van der Waals surface area contributed by atoms with Gasteiger partial charge < -0.3 is 15.7 Å². The average Bonchev–Trinajstić information content (AvgIpc) is 2.46. The Bertz CT molecular complexity index is 501. The summed E-state index contributed by atoms with van der Waals surface area (Å²) in [6, 6.07) is 6.68. The summed E-state index contributed by atoms with van der Waals surface area (Å²) in [5.74, 6) is 2.03. The van der Waals surface area contributed by atoms with Crippen LogP contribution in [0.5, 0.6) is 0 Å². The zero-order valence-corrected chi connectivity index (χ0v) is 12.6. The van der Waals surface area contributed by atoms with Gasteiger partial charge in [-0.2, -0.15) is 11.8 Å². The van der Waals surface area contributed by atoms with E-state index in [2.05, 4.69) is 10.6 Å². The molecule has 0 unspecified atom stereocenters. The van der Waals surface area contributed by atoms with Crippen molar-refractivity contribution in [1.82, 2.24) is 5.32 Å². The number of carbonyl (C=O) groups excluding carboxylic acids is 1. The molecule has 114 valence electrons. The van der Waals surface area contributed by atoms with Crippen LogP contribution in [-0.4, -0.2) is 35.2 Å². The molecule has 0 radical (unpaired) electrons. The van der Waals surface area contributed by atoms with Crippen molar-refractivity contribution in [2.75, 3.05) is 23.4 Å². The lowest BCUT2D eigenvalue weighted by Crippen LogP contribution is -2.34. The molecule has 2 amide bonds. The van der Waals surface area contributed by atoms with Gasteiger partial charge in [0.25, 0.3) is 0 Å². The highest BCUT2D eigenvalue weighted by Gasteiger charge is 2.14. The number of rotatable bonds is 5. The molecule has 1 aromatic carbocycles. The lowest BCUT2D eigenvalue weighted by Gasteiger charge is -2.21. The number of aliphatic carboxylic acids is 1. The van der Waals surface area contributed by atoms with Crippen molar-refractivity contribution in [2.45, 2.75) is 19.3 Å². The fourth-order valence-corrected chi connectivity index (χ4v) is 3.50. The van der Waals surface area contributed by atoms with E-state index in [1.165, 1.54) is 11.5 Å². The number of hydrogen-bond acceptors (Lipinski definition) is 3. The first-order chi connectivity index (χ1) is 10.1. The van der Waals surface area contributed by atoms with Crippen LogP contribution in [0.1, 0.15) is 18.4 Å². The molecule has 0 atom stereocenters. The third-order valence-electron chi connectivity index (χ3n) is 3.43. The quantitative estimate of drug-likeness (QED) is 0.781. The molecule has 5 nitrogen and oxygen atoms in total. The number of carboxylic acids is 1. The van der Waals surface area contributed by atoms with E-state index in [0.717, 1.165) is 12.8 Å². The second kappa shape index (κ2) is 7.93. The fourth-order valence-electron chi connectivity index (χ4n) is 2.30. The molecule has 0 spiro atoms. The van der Waals surface area contributed by atoms with Gasteiger partial charge in [-0.05, 0) is 48.0 Å². The summed E-state index contributed by atoms with van der Waals surface area (Å²) < 4.78 is 0. The molecule has 0 saturated carbocycles. The standard InChI is InChI=1S/C15H20N2O3S/c18-14(19)9-12-2-1-3-13(8-12)17-15(20)16-10-11-4-6-21-7-5-11/h1-3,8,11H,4-7,9-10H2,(H,18,19)(H2,16,17,20). The smallest absolute Gasteiger partial charge is 0.319 e. The number of carbonyl (C=O) groups is 2. The molecular formula is C15H20N2O3S. The van der Waals surface area contributed by atoms with E-state index in [9.17, 15) is 9.59 Å². The normalized spacial score (nSPS) is 15.4. The second-order valence-corrected chi connectivity index (χ2v) is 6.39. The molecule has 0 aliphatic carbocycles. The van der Waals surface area contributed by atoms with E-state index in [-0.39, 0.29) is 12.5 Å². The highest BCUT2D eigenvalue weighted by atomic mass is 32.2. The first-order valence-corrected chi connectivity index (χ1v) is 8.22. The zero-order valence-electron chi connectivity index (χ0n) is 11.8. The molecule has 6 heteroatoms. The molecule has 1 aromatic rings. The fraction of sp³-hybridized carbons (Fsp3) is 0.467. The predicted octanol–water partition coefficient (Wildman–Crippen LogP) is 2.58. The summed E-state index contributed by atoms with van der Waals surface area (Å²) in [6.07, 6.45) is 2.26. The van der Waals surface area contributed by atoms with Crippen LogP contribution in [0.4, 0.5) is 10.5 Å². The largest absolute Gasteiger partial charge is 0.481 e. The number of hydrogen-bond donors (Lipinski definition) is 3. The first kappa shape index (κ1) is 15.7. The number of thioether (sulfide) groups is 1. The molecule has 0 aromatic heterocycles.